The van der Waals surface area contributed by atoms with E-state index in [0.717, 1.165) is 4.90 Å². The van der Waals surface area contributed by atoms with E-state index in [-0.39, 0.29) is 48.9 Å². The van der Waals surface area contributed by atoms with Crippen molar-refractivity contribution < 1.29 is 59.8 Å². The van der Waals surface area contributed by atoms with Crippen LogP contribution in [-0.4, -0.2) is 111 Å². The van der Waals surface area contributed by atoms with E-state index >= 15 is 4.79 Å². The van der Waals surface area contributed by atoms with E-state index in [4.69, 9.17) is 13.9 Å². The van der Waals surface area contributed by atoms with Gasteiger partial charge in [0, 0.05) is 34.9 Å². The Bertz CT molecular complexity index is 2350. The molecule has 4 aliphatic rings. The van der Waals surface area contributed by atoms with Crippen LogP contribution >= 0.6 is 0 Å². The van der Waals surface area contributed by atoms with Gasteiger partial charge in [-0.2, -0.15) is 13.2 Å². The summed E-state index contributed by atoms with van der Waals surface area (Å²) in [5.41, 5.74) is -4.24. The molecule has 4 amide bonds. The molecule has 2 saturated carbocycles. The van der Waals surface area contributed by atoms with Crippen molar-refractivity contribution in [2.45, 2.75) is 120 Å². The summed E-state index contributed by atoms with van der Waals surface area (Å²) in [5, 5.41) is 13.6. The number of ether oxygens (including phenoxy) is 2. The van der Waals surface area contributed by atoms with E-state index in [1.54, 1.807) is 31.2 Å². The molecule has 2 aliphatic heterocycles. The molecule has 3 N–H and O–H groups in total. The molecular weight excluding hydrogens is 838 g/mol. The highest BCUT2D eigenvalue weighted by molar-refractivity contribution is 7.91. The van der Waals surface area contributed by atoms with Crippen molar-refractivity contribution >= 4 is 44.6 Å². The number of alkyl halides is 3. The summed E-state index contributed by atoms with van der Waals surface area (Å²) in [7, 11) is -2.55. The standard InChI is InChI=1S/C42H51F3N6O10S/c1-6-24-15-23(2)9-7-8-10-25-18-41(25,38(54)49-62(57,58)28-12-13-28)48-35(52)32-17-27(21-50(32)37(53)34(24)51(39(55)56)40(3,4)42(43,44)45)61-36-29-14-11-26(59-5)16-30(29)31(19-47-36)33-20-46-22-60-33/h8,10-11,14,16,19-20,22-25,27-28,32,34H,6-7,9,12-13,15,17-18,21H2,1-5H3,(H,48,52)(H,49,54)(H,55,56)/b10-8-/t23-,24-,25-,27-,32+,34+,41-/m1/s1. The summed E-state index contributed by atoms with van der Waals surface area (Å²) in [6.45, 7) is 4.55. The average molecular weight is 889 g/mol. The Labute approximate surface area is 356 Å². The van der Waals surface area contributed by atoms with Gasteiger partial charge in [-0.05, 0) is 82.4 Å². The molecule has 2 aliphatic carbocycles. The summed E-state index contributed by atoms with van der Waals surface area (Å²) in [6, 6.07) is 1.67. The number of hydrogen-bond donors (Lipinski definition) is 3. The van der Waals surface area contributed by atoms with Crippen LogP contribution in [0.25, 0.3) is 22.1 Å². The molecule has 0 unspecified atom stereocenters. The predicted molar refractivity (Wildman–Crippen MR) is 217 cm³/mol. The first kappa shape index (κ1) is 44.6. The summed E-state index contributed by atoms with van der Waals surface area (Å²) < 4.78 is 90.1. The normalized spacial score (nSPS) is 27.8. The number of carbonyl (C=O) groups excluding carboxylic acids is 3. The second-order valence-corrected chi connectivity index (χ2v) is 19.3. The van der Waals surface area contributed by atoms with E-state index in [9.17, 15) is 41.1 Å². The second kappa shape index (κ2) is 16.7. The molecule has 3 aromatic rings. The van der Waals surface area contributed by atoms with Gasteiger partial charge >= 0.3 is 12.3 Å². The number of methoxy groups -OCH3 is 1. The highest BCUT2D eigenvalue weighted by Gasteiger charge is 2.63. The maximum Gasteiger partial charge on any atom is 0.411 e. The number of hydrogen-bond acceptors (Lipinski definition) is 11. The molecule has 1 aromatic carbocycles. The SMILES string of the molecule is CC[C@@H]1C[C@H](C)CC/C=C\[C@@H]2C[C@@]2(C(=O)NS(=O)(=O)C2CC2)NC(=O)[C@@H]2C[C@@H](Oc3ncc(-c4cnco4)c4cc(OC)ccc34)CN2C(=O)[C@H]1N(C(=O)O)C(C)(C)C(F)(F)F. The van der Waals surface area contributed by atoms with Crippen molar-refractivity contribution in [3.8, 4) is 23.0 Å². The molecular formula is C42H51F3N6O10S. The van der Waals surface area contributed by atoms with Crippen molar-refractivity contribution in [3.05, 3.63) is 49.1 Å². The van der Waals surface area contributed by atoms with Crippen LogP contribution in [0.5, 0.6) is 11.6 Å². The lowest BCUT2D eigenvalue weighted by Gasteiger charge is -2.46. The fourth-order valence-corrected chi connectivity index (χ4v) is 10.2. The van der Waals surface area contributed by atoms with Crippen LogP contribution in [0.3, 0.4) is 0 Å². The molecule has 3 fully saturated rings. The van der Waals surface area contributed by atoms with Crippen LogP contribution < -0.4 is 19.5 Å². The Balaban J connectivity index is 1.31. The number of amides is 4. The quantitative estimate of drug-likeness (QED) is 0.206. The van der Waals surface area contributed by atoms with Gasteiger partial charge in [-0.1, -0.05) is 32.4 Å². The van der Waals surface area contributed by atoms with E-state index in [1.807, 2.05) is 13.0 Å². The summed E-state index contributed by atoms with van der Waals surface area (Å²) in [6.07, 6.45) is 1.46. The molecule has 1 saturated heterocycles. The molecule has 16 nitrogen and oxygen atoms in total. The summed E-state index contributed by atoms with van der Waals surface area (Å²) >= 11 is 0. The lowest BCUT2D eigenvalue weighted by molar-refractivity contribution is -0.222. The van der Waals surface area contributed by atoms with Crippen LogP contribution in [0, 0.1) is 17.8 Å². The number of nitrogens with zero attached hydrogens (tertiary/aromatic N) is 4. The Morgan fingerprint density at radius 1 is 1.13 bits per heavy atom. The third-order valence-electron chi connectivity index (χ3n) is 12.8. The lowest BCUT2D eigenvalue weighted by Crippen LogP contribution is -2.66. The minimum atomic E-state index is -5.11. The van der Waals surface area contributed by atoms with Crippen molar-refractivity contribution in [3.63, 3.8) is 0 Å². The van der Waals surface area contributed by atoms with E-state index in [1.165, 1.54) is 25.9 Å². The number of aromatic nitrogens is 2. The molecule has 0 radical (unpaired) electrons. The smallest absolute Gasteiger partial charge is 0.411 e. The van der Waals surface area contributed by atoms with Crippen molar-refractivity contribution in [2.75, 3.05) is 13.7 Å². The highest BCUT2D eigenvalue weighted by Crippen LogP contribution is 2.47. The van der Waals surface area contributed by atoms with Gasteiger partial charge < -0.3 is 29.2 Å². The van der Waals surface area contributed by atoms with Crippen LogP contribution in [0.15, 0.2) is 53.6 Å². The number of nitrogens with one attached hydrogen (secondary N) is 2. The maximum absolute atomic E-state index is 15.2. The first-order valence-corrected chi connectivity index (χ1v) is 22.2. The zero-order valence-electron chi connectivity index (χ0n) is 35.0. The van der Waals surface area contributed by atoms with Gasteiger partial charge in [-0.3, -0.25) is 24.0 Å². The third kappa shape index (κ3) is 8.53. The van der Waals surface area contributed by atoms with E-state index < -0.39 is 86.4 Å². The number of benzene rings is 1. The van der Waals surface area contributed by atoms with Crippen LogP contribution in [-0.2, 0) is 24.4 Å². The number of carbonyl (C=O) groups is 4. The van der Waals surface area contributed by atoms with Crippen LogP contribution in [0.4, 0.5) is 18.0 Å². The molecule has 0 bridgehead atoms. The Hall–Kier alpha value is -5.40. The molecule has 7 rings (SSSR count). The van der Waals surface area contributed by atoms with Gasteiger partial charge in [0.1, 0.15) is 35.0 Å². The molecule has 20 heteroatoms. The third-order valence-corrected chi connectivity index (χ3v) is 14.6. The van der Waals surface area contributed by atoms with Gasteiger partial charge in [-0.15, -0.1) is 0 Å². The number of allylic oxidation sites excluding steroid dienone is 1. The molecule has 336 valence electrons. The minimum Gasteiger partial charge on any atom is -0.497 e. The minimum absolute atomic E-state index is 0.0431. The number of halogens is 3. The molecule has 62 heavy (non-hydrogen) atoms. The first-order valence-electron chi connectivity index (χ1n) is 20.7. The Kier molecular flexibility index (Phi) is 12.0. The van der Waals surface area contributed by atoms with Crippen molar-refractivity contribution in [1.82, 2.24) is 29.8 Å². The summed E-state index contributed by atoms with van der Waals surface area (Å²) in [5.74, 6) is -3.66. The van der Waals surface area contributed by atoms with Gasteiger partial charge in [0.15, 0.2) is 12.2 Å². The van der Waals surface area contributed by atoms with E-state index in [2.05, 4.69) is 20.0 Å². The largest absolute Gasteiger partial charge is 0.497 e. The molecule has 7 atom stereocenters. The second-order valence-electron chi connectivity index (χ2n) is 17.4. The molecule has 2 aromatic heterocycles. The Morgan fingerprint density at radius 3 is 2.50 bits per heavy atom. The zero-order chi connectivity index (χ0) is 44.9. The zero-order valence-corrected chi connectivity index (χ0v) is 35.8. The number of fused-ring (bicyclic) bond motifs is 3. The molecule has 4 heterocycles. The number of carboxylic acid groups (broad SMARTS) is 1. The number of pyridine rings is 1. The monoisotopic (exact) mass is 888 g/mol. The predicted octanol–water partition coefficient (Wildman–Crippen LogP) is 5.82. The molecule has 0 spiro atoms. The topological polar surface area (TPSA) is 211 Å². The Morgan fingerprint density at radius 2 is 1.87 bits per heavy atom. The first-order chi connectivity index (χ1) is 29.2. The highest BCUT2D eigenvalue weighted by atomic mass is 32.2. The number of rotatable bonds is 10. The fourth-order valence-electron chi connectivity index (χ4n) is 8.79. The average Bonchev–Trinajstić information content (AvgIpc) is 4.08. The number of sulfonamides is 1. The van der Waals surface area contributed by atoms with Gasteiger partial charge in [0.05, 0.1) is 25.1 Å². The van der Waals surface area contributed by atoms with Crippen LogP contribution in [0.1, 0.15) is 79.1 Å². The lowest BCUT2D eigenvalue weighted by atomic mass is 9.82. The summed E-state index contributed by atoms with van der Waals surface area (Å²) in [4.78, 5) is 66.7. The number of oxazole rings is 1. The van der Waals surface area contributed by atoms with E-state index in [0.29, 0.717) is 67.4 Å². The maximum atomic E-state index is 15.2. The van der Waals surface area contributed by atoms with Crippen LogP contribution in [0.2, 0.25) is 0 Å². The van der Waals surface area contributed by atoms with Crippen molar-refractivity contribution in [2.24, 2.45) is 17.8 Å². The fraction of sp³-hybridized carbons (Fsp3) is 0.571. The van der Waals surface area contributed by atoms with Gasteiger partial charge in [-0.25, -0.2) is 23.2 Å². The van der Waals surface area contributed by atoms with Gasteiger partial charge in [0.25, 0.3) is 5.91 Å². The van der Waals surface area contributed by atoms with Gasteiger partial charge in [0.2, 0.25) is 27.7 Å². The van der Waals surface area contributed by atoms with Crippen molar-refractivity contribution in [1.29, 1.82) is 0 Å².